The van der Waals surface area contributed by atoms with Crippen molar-refractivity contribution in [2.24, 2.45) is 17.2 Å². The fourth-order valence-corrected chi connectivity index (χ4v) is 3.07. The Labute approximate surface area is 177 Å². The van der Waals surface area contributed by atoms with E-state index in [0.717, 1.165) is 4.90 Å². The van der Waals surface area contributed by atoms with Crippen molar-refractivity contribution in [3.8, 4) is 0 Å². The summed E-state index contributed by atoms with van der Waals surface area (Å²) >= 11 is 0. The van der Waals surface area contributed by atoms with Gasteiger partial charge in [0.05, 0.1) is 19.1 Å². The van der Waals surface area contributed by atoms with Gasteiger partial charge in [0.25, 0.3) is 0 Å². The first-order chi connectivity index (χ1) is 14.5. The van der Waals surface area contributed by atoms with Gasteiger partial charge in [-0.15, -0.1) is 0 Å². The lowest BCUT2D eigenvalue weighted by Crippen LogP contribution is -2.57. The van der Waals surface area contributed by atoms with E-state index < -0.39 is 72.7 Å². The molecule has 0 aromatic carbocycles. The van der Waals surface area contributed by atoms with E-state index in [-0.39, 0.29) is 25.8 Å². The monoisotopic (exact) mass is 444 g/mol. The van der Waals surface area contributed by atoms with E-state index in [2.05, 4.69) is 10.6 Å². The highest BCUT2D eigenvalue weighted by Gasteiger charge is 2.39. The number of primary amides is 2. The summed E-state index contributed by atoms with van der Waals surface area (Å²) in [6.07, 6.45) is -0.175. The highest BCUT2D eigenvalue weighted by molar-refractivity contribution is 5.96. The Kier molecular flexibility index (Phi) is 9.82. The number of carboxylic acid groups (broad SMARTS) is 1. The Bertz CT molecular complexity index is 729. The first kappa shape index (κ1) is 25.8. The normalized spacial score (nSPS) is 18.5. The molecule has 0 radical (unpaired) electrons. The number of amides is 5. The second-order valence-electron chi connectivity index (χ2n) is 7.11. The van der Waals surface area contributed by atoms with Crippen LogP contribution in [-0.4, -0.2) is 87.9 Å². The van der Waals surface area contributed by atoms with E-state index in [9.17, 15) is 28.8 Å². The third-order valence-corrected chi connectivity index (χ3v) is 4.69. The summed E-state index contributed by atoms with van der Waals surface area (Å²) in [5.41, 5.74) is 15.8. The molecular formula is C17H28N6O8. The summed E-state index contributed by atoms with van der Waals surface area (Å²) in [6.45, 7) is -0.724. The molecule has 31 heavy (non-hydrogen) atoms. The van der Waals surface area contributed by atoms with Crippen molar-refractivity contribution in [2.75, 3.05) is 13.2 Å². The number of aliphatic carboxylic acids is 1. The number of aliphatic hydroxyl groups is 1. The smallest absolute Gasteiger partial charge is 0.328 e. The molecule has 0 bridgehead atoms. The van der Waals surface area contributed by atoms with E-state index >= 15 is 0 Å². The maximum absolute atomic E-state index is 13.0. The maximum Gasteiger partial charge on any atom is 0.328 e. The number of carbonyl (C=O) groups is 6. The summed E-state index contributed by atoms with van der Waals surface area (Å²) in [4.78, 5) is 72.0. The number of likely N-dealkylation sites (tertiary alicyclic amines) is 1. The zero-order valence-corrected chi connectivity index (χ0v) is 16.8. The van der Waals surface area contributed by atoms with Crippen LogP contribution in [0.15, 0.2) is 0 Å². The summed E-state index contributed by atoms with van der Waals surface area (Å²) in [6, 6.07) is -5.19. The first-order valence-corrected chi connectivity index (χ1v) is 9.55. The molecule has 0 saturated carbocycles. The molecule has 1 aliphatic rings. The van der Waals surface area contributed by atoms with Gasteiger partial charge in [-0.25, -0.2) is 4.79 Å². The minimum atomic E-state index is -1.55. The molecule has 0 aromatic heterocycles. The van der Waals surface area contributed by atoms with Crippen LogP contribution in [-0.2, 0) is 28.8 Å². The Morgan fingerprint density at radius 3 is 2.19 bits per heavy atom. The average Bonchev–Trinajstić information content (AvgIpc) is 3.18. The molecule has 4 atom stereocenters. The Balaban J connectivity index is 2.91. The van der Waals surface area contributed by atoms with Crippen molar-refractivity contribution in [3.05, 3.63) is 0 Å². The van der Waals surface area contributed by atoms with Crippen molar-refractivity contribution in [2.45, 2.75) is 56.3 Å². The molecule has 1 fully saturated rings. The number of nitrogens with two attached hydrogens (primary N) is 3. The fourth-order valence-electron chi connectivity index (χ4n) is 3.07. The number of nitrogens with zero attached hydrogens (tertiary/aromatic N) is 1. The summed E-state index contributed by atoms with van der Waals surface area (Å²) in [5, 5.41) is 22.5. The van der Waals surface area contributed by atoms with Gasteiger partial charge < -0.3 is 42.9 Å². The predicted molar refractivity (Wildman–Crippen MR) is 104 cm³/mol. The molecule has 0 spiro atoms. The highest BCUT2D eigenvalue weighted by atomic mass is 16.4. The molecule has 174 valence electrons. The van der Waals surface area contributed by atoms with Crippen LogP contribution < -0.4 is 27.8 Å². The van der Waals surface area contributed by atoms with E-state index in [0.29, 0.717) is 6.42 Å². The highest BCUT2D eigenvalue weighted by Crippen LogP contribution is 2.19. The molecule has 1 saturated heterocycles. The molecular weight excluding hydrogens is 416 g/mol. The lowest BCUT2D eigenvalue weighted by molar-refractivity contribution is -0.146. The van der Waals surface area contributed by atoms with Gasteiger partial charge in [-0.05, 0) is 19.3 Å². The maximum atomic E-state index is 13.0. The number of nitrogens with one attached hydrogen (secondary N) is 2. The average molecular weight is 444 g/mol. The largest absolute Gasteiger partial charge is 0.480 e. The van der Waals surface area contributed by atoms with E-state index in [1.54, 1.807) is 0 Å². The van der Waals surface area contributed by atoms with Gasteiger partial charge in [-0.2, -0.15) is 0 Å². The number of aliphatic hydroxyl groups excluding tert-OH is 1. The van der Waals surface area contributed by atoms with Gasteiger partial charge in [-0.1, -0.05) is 0 Å². The van der Waals surface area contributed by atoms with Gasteiger partial charge in [0, 0.05) is 13.0 Å². The molecule has 1 heterocycles. The fraction of sp³-hybridized carbons (Fsp3) is 0.647. The number of hydrogen-bond donors (Lipinski definition) is 7. The molecule has 1 rings (SSSR count). The quantitative estimate of drug-likeness (QED) is 0.153. The number of rotatable bonds is 12. The Hall–Kier alpha value is -3.26. The van der Waals surface area contributed by atoms with Crippen LogP contribution in [0, 0.1) is 0 Å². The second kappa shape index (κ2) is 11.8. The zero-order chi connectivity index (χ0) is 23.7. The summed E-state index contributed by atoms with van der Waals surface area (Å²) in [7, 11) is 0. The molecule has 10 N–H and O–H groups in total. The lowest BCUT2D eigenvalue weighted by atomic mass is 10.1. The Morgan fingerprint density at radius 2 is 1.68 bits per heavy atom. The van der Waals surface area contributed by atoms with Crippen LogP contribution in [0.3, 0.4) is 0 Å². The van der Waals surface area contributed by atoms with Gasteiger partial charge in [0.15, 0.2) is 0 Å². The lowest BCUT2D eigenvalue weighted by Gasteiger charge is -2.29. The predicted octanol–water partition coefficient (Wildman–Crippen LogP) is -4.51. The minimum absolute atomic E-state index is 0.0782. The molecule has 4 unspecified atom stereocenters. The van der Waals surface area contributed by atoms with Crippen LogP contribution in [0.1, 0.15) is 32.1 Å². The van der Waals surface area contributed by atoms with Crippen molar-refractivity contribution in [3.63, 3.8) is 0 Å². The van der Waals surface area contributed by atoms with Crippen LogP contribution >= 0.6 is 0 Å². The standard InChI is InChI=1S/C17H28N6O8/c18-8(3-4-12(19)25)14(27)21-9(6-13(20)26)16(29)23-5-1-2-11(23)15(28)22-10(7-24)17(30)31/h8-11,24H,1-7,18H2,(H2,19,25)(H2,20,26)(H,21,27)(H,22,28)(H,30,31). The summed E-state index contributed by atoms with van der Waals surface area (Å²) < 4.78 is 0. The van der Waals surface area contributed by atoms with E-state index in [1.165, 1.54) is 0 Å². The van der Waals surface area contributed by atoms with Crippen LogP contribution in [0.5, 0.6) is 0 Å². The molecule has 14 heteroatoms. The minimum Gasteiger partial charge on any atom is -0.480 e. The van der Waals surface area contributed by atoms with Gasteiger partial charge >= 0.3 is 5.97 Å². The van der Waals surface area contributed by atoms with Crippen molar-refractivity contribution < 1.29 is 39.0 Å². The Morgan fingerprint density at radius 1 is 1.03 bits per heavy atom. The first-order valence-electron chi connectivity index (χ1n) is 9.55. The van der Waals surface area contributed by atoms with Crippen LogP contribution in [0.4, 0.5) is 0 Å². The zero-order valence-electron chi connectivity index (χ0n) is 16.8. The number of carbonyl (C=O) groups excluding carboxylic acids is 5. The second-order valence-corrected chi connectivity index (χ2v) is 7.11. The third kappa shape index (κ3) is 7.82. The molecule has 1 aliphatic heterocycles. The molecule has 5 amide bonds. The molecule has 14 nitrogen and oxygen atoms in total. The van der Waals surface area contributed by atoms with Gasteiger partial charge in [0.1, 0.15) is 18.1 Å². The molecule has 0 aromatic rings. The van der Waals surface area contributed by atoms with Crippen molar-refractivity contribution in [1.29, 1.82) is 0 Å². The van der Waals surface area contributed by atoms with E-state index in [4.69, 9.17) is 27.4 Å². The summed E-state index contributed by atoms with van der Waals surface area (Å²) in [5.74, 6) is -5.39. The van der Waals surface area contributed by atoms with Crippen molar-refractivity contribution >= 4 is 35.5 Å². The topological polar surface area (TPSA) is 248 Å². The third-order valence-electron chi connectivity index (χ3n) is 4.69. The van der Waals surface area contributed by atoms with Gasteiger partial charge in [-0.3, -0.25) is 24.0 Å². The molecule has 0 aliphatic carbocycles. The van der Waals surface area contributed by atoms with Crippen LogP contribution in [0.2, 0.25) is 0 Å². The number of carboxylic acids is 1. The van der Waals surface area contributed by atoms with Gasteiger partial charge in [0.2, 0.25) is 29.5 Å². The van der Waals surface area contributed by atoms with Crippen LogP contribution in [0.25, 0.3) is 0 Å². The number of hydrogen-bond acceptors (Lipinski definition) is 8. The SMILES string of the molecule is NC(=O)CCC(N)C(=O)NC(CC(N)=O)C(=O)N1CCCC1C(=O)NC(CO)C(=O)O. The van der Waals surface area contributed by atoms with E-state index in [1.807, 2.05) is 0 Å². The van der Waals surface area contributed by atoms with Crippen molar-refractivity contribution in [1.82, 2.24) is 15.5 Å².